The summed E-state index contributed by atoms with van der Waals surface area (Å²) in [7, 11) is 0. The van der Waals surface area contributed by atoms with Crippen LogP contribution in [0.15, 0.2) is 6.08 Å². The second-order valence-corrected chi connectivity index (χ2v) is 3.89. The summed E-state index contributed by atoms with van der Waals surface area (Å²) in [4.78, 5) is 11.0. The summed E-state index contributed by atoms with van der Waals surface area (Å²) in [5, 5.41) is 24.7. The van der Waals surface area contributed by atoms with Crippen molar-refractivity contribution in [2.75, 3.05) is 0 Å². The van der Waals surface area contributed by atoms with Gasteiger partial charge >= 0.3 is 5.97 Å². The van der Waals surface area contributed by atoms with E-state index in [1.165, 1.54) is 6.08 Å². The van der Waals surface area contributed by atoms with E-state index < -0.39 is 12.3 Å². The molecule has 0 spiro atoms. The maximum absolute atomic E-state index is 11.0. The summed E-state index contributed by atoms with van der Waals surface area (Å²) < 4.78 is 5.05. The molecule has 2 heterocycles. The van der Waals surface area contributed by atoms with Crippen molar-refractivity contribution in [1.82, 2.24) is 10.2 Å². The van der Waals surface area contributed by atoms with Crippen LogP contribution in [0.3, 0.4) is 0 Å². The first-order chi connectivity index (χ1) is 8.13. The van der Waals surface area contributed by atoms with Gasteiger partial charge in [0.25, 0.3) is 0 Å². The molecule has 0 bridgehead atoms. The van der Waals surface area contributed by atoms with E-state index in [4.69, 9.17) is 9.84 Å². The Morgan fingerprint density at radius 3 is 3.06 bits per heavy atom. The molecular weight excluding hydrogens is 224 g/mol. The average molecular weight is 238 g/mol. The molecule has 2 rings (SSSR count). The van der Waals surface area contributed by atoms with Gasteiger partial charge in [0.1, 0.15) is 0 Å². The van der Waals surface area contributed by atoms with Gasteiger partial charge in [-0.3, -0.25) is 5.10 Å². The summed E-state index contributed by atoms with van der Waals surface area (Å²) in [6.07, 6.45) is 3.08. The van der Waals surface area contributed by atoms with Crippen LogP contribution in [0.1, 0.15) is 42.2 Å². The molecule has 0 aliphatic carbocycles. The fourth-order valence-electron chi connectivity index (χ4n) is 1.84. The third-order valence-electron chi connectivity index (χ3n) is 2.64. The summed E-state index contributed by atoms with van der Waals surface area (Å²) in [6, 6.07) is 0. The zero-order chi connectivity index (χ0) is 12.4. The zero-order valence-corrected chi connectivity index (χ0v) is 9.43. The van der Waals surface area contributed by atoms with Crippen molar-refractivity contribution in [2.45, 2.75) is 32.5 Å². The molecule has 0 saturated heterocycles. The van der Waals surface area contributed by atoms with Crippen molar-refractivity contribution in [1.29, 1.82) is 0 Å². The second-order valence-electron chi connectivity index (χ2n) is 3.89. The maximum atomic E-state index is 11.0. The Balaban J connectivity index is 2.39. The van der Waals surface area contributed by atoms with Crippen LogP contribution < -0.4 is 4.74 Å². The highest BCUT2D eigenvalue weighted by Crippen LogP contribution is 2.35. The van der Waals surface area contributed by atoms with Crippen molar-refractivity contribution in [3.63, 3.8) is 0 Å². The number of unbranched alkanes of at least 4 members (excludes halogenated alkanes) is 1. The summed E-state index contributed by atoms with van der Waals surface area (Å²) in [5.74, 6) is -0.926. The number of carbonyl (C=O) groups is 1. The number of H-pyrrole nitrogens is 1. The third kappa shape index (κ3) is 2.16. The van der Waals surface area contributed by atoms with Crippen molar-refractivity contribution in [3.8, 4) is 5.88 Å². The van der Waals surface area contributed by atoms with E-state index in [9.17, 15) is 9.90 Å². The third-order valence-corrected chi connectivity index (χ3v) is 2.64. The minimum atomic E-state index is -1.08. The van der Waals surface area contributed by atoms with Crippen LogP contribution in [0.5, 0.6) is 5.88 Å². The number of fused-ring (bicyclic) bond motifs is 1. The monoisotopic (exact) mass is 238 g/mol. The molecule has 0 aromatic carbocycles. The van der Waals surface area contributed by atoms with Crippen molar-refractivity contribution >= 4 is 11.5 Å². The smallest absolute Gasteiger partial charge is 0.354 e. The number of aromatic carboxylic acids is 1. The quantitative estimate of drug-likeness (QED) is 0.736. The van der Waals surface area contributed by atoms with Crippen molar-refractivity contribution in [2.24, 2.45) is 0 Å². The molecule has 1 aliphatic rings. The number of aliphatic hydroxyl groups is 1. The van der Waals surface area contributed by atoms with Gasteiger partial charge in [-0.05, 0) is 24.5 Å². The SMILES string of the molecule is CCCCC1=CC(O)Oc2n[nH]c(C(=O)O)c21. The largest absolute Gasteiger partial charge is 0.477 e. The molecular formula is C11H14N2O4. The average Bonchev–Trinajstić information content (AvgIpc) is 2.69. The highest BCUT2D eigenvalue weighted by molar-refractivity contribution is 5.93. The first kappa shape index (κ1) is 11.7. The molecule has 92 valence electrons. The summed E-state index contributed by atoms with van der Waals surface area (Å²) >= 11 is 0. The lowest BCUT2D eigenvalue weighted by Gasteiger charge is -2.18. The van der Waals surface area contributed by atoms with Crippen molar-refractivity contribution in [3.05, 3.63) is 17.3 Å². The van der Waals surface area contributed by atoms with Crippen LogP contribution in [0.25, 0.3) is 5.57 Å². The van der Waals surface area contributed by atoms with Gasteiger partial charge in [0.05, 0.1) is 5.56 Å². The molecule has 17 heavy (non-hydrogen) atoms. The number of carboxylic acids is 1. The number of rotatable bonds is 4. The number of aliphatic hydroxyl groups excluding tert-OH is 1. The number of aromatic nitrogens is 2. The Kier molecular flexibility index (Phi) is 3.14. The first-order valence-electron chi connectivity index (χ1n) is 5.51. The lowest BCUT2D eigenvalue weighted by molar-refractivity contribution is 0.0185. The van der Waals surface area contributed by atoms with E-state index in [0.717, 1.165) is 18.4 Å². The van der Waals surface area contributed by atoms with Gasteiger partial charge in [0.2, 0.25) is 12.2 Å². The van der Waals surface area contributed by atoms with Gasteiger partial charge in [-0.25, -0.2) is 4.79 Å². The predicted molar refractivity (Wildman–Crippen MR) is 59.7 cm³/mol. The van der Waals surface area contributed by atoms with E-state index in [0.29, 0.717) is 12.0 Å². The second kappa shape index (κ2) is 4.58. The van der Waals surface area contributed by atoms with Gasteiger partial charge < -0.3 is 14.9 Å². The van der Waals surface area contributed by atoms with Crippen LogP contribution in [-0.4, -0.2) is 32.7 Å². The zero-order valence-electron chi connectivity index (χ0n) is 9.43. The van der Waals surface area contributed by atoms with Crippen LogP contribution >= 0.6 is 0 Å². The molecule has 1 atom stereocenters. The molecule has 6 heteroatoms. The molecule has 6 nitrogen and oxygen atoms in total. The Bertz CT molecular complexity index is 464. The number of carboxylic acid groups (broad SMARTS) is 1. The highest BCUT2D eigenvalue weighted by Gasteiger charge is 2.27. The Morgan fingerprint density at radius 1 is 1.65 bits per heavy atom. The Labute approximate surface area is 97.9 Å². The molecule has 1 unspecified atom stereocenters. The number of nitrogens with zero attached hydrogens (tertiary/aromatic N) is 1. The standard InChI is InChI=1S/C11H14N2O4/c1-2-3-4-6-5-7(14)17-10-8(6)9(11(15)16)12-13-10/h5,7,14H,2-4H2,1H3,(H,12,13)(H,15,16). The molecule has 1 aliphatic heterocycles. The van der Waals surface area contributed by atoms with E-state index in [1.807, 2.05) is 6.92 Å². The predicted octanol–water partition coefficient (Wildman–Crippen LogP) is 1.39. The Hall–Kier alpha value is -1.82. The van der Waals surface area contributed by atoms with E-state index in [2.05, 4.69) is 10.2 Å². The first-order valence-corrected chi connectivity index (χ1v) is 5.51. The summed E-state index contributed by atoms with van der Waals surface area (Å²) in [6.45, 7) is 2.05. The number of nitrogens with one attached hydrogen (secondary N) is 1. The highest BCUT2D eigenvalue weighted by atomic mass is 16.6. The number of hydrogen-bond acceptors (Lipinski definition) is 4. The fourth-order valence-corrected chi connectivity index (χ4v) is 1.84. The lowest BCUT2D eigenvalue weighted by atomic mass is 9.98. The minimum Gasteiger partial charge on any atom is -0.477 e. The minimum absolute atomic E-state index is 0.00857. The molecule has 1 aromatic rings. The number of aromatic amines is 1. The maximum Gasteiger partial charge on any atom is 0.354 e. The van der Waals surface area contributed by atoms with Gasteiger partial charge in [-0.2, -0.15) is 0 Å². The van der Waals surface area contributed by atoms with Gasteiger partial charge in [0.15, 0.2) is 5.69 Å². The topological polar surface area (TPSA) is 95.4 Å². The lowest BCUT2D eigenvalue weighted by Crippen LogP contribution is -2.18. The van der Waals surface area contributed by atoms with Gasteiger partial charge in [-0.15, -0.1) is 5.10 Å². The van der Waals surface area contributed by atoms with E-state index >= 15 is 0 Å². The van der Waals surface area contributed by atoms with E-state index in [1.54, 1.807) is 0 Å². The van der Waals surface area contributed by atoms with Crippen LogP contribution in [0.4, 0.5) is 0 Å². The molecule has 0 amide bonds. The normalized spacial score (nSPS) is 18.2. The Morgan fingerprint density at radius 2 is 2.41 bits per heavy atom. The number of ether oxygens (including phenoxy) is 1. The number of hydrogen-bond donors (Lipinski definition) is 3. The number of allylic oxidation sites excluding steroid dienone is 1. The van der Waals surface area contributed by atoms with Crippen LogP contribution in [-0.2, 0) is 0 Å². The molecule has 0 fully saturated rings. The molecule has 1 aromatic heterocycles. The summed E-state index contributed by atoms with van der Waals surface area (Å²) in [5.41, 5.74) is 1.23. The van der Waals surface area contributed by atoms with Gasteiger partial charge in [0, 0.05) is 0 Å². The van der Waals surface area contributed by atoms with Crippen molar-refractivity contribution < 1.29 is 19.7 Å². The molecule has 0 saturated carbocycles. The molecule has 3 N–H and O–H groups in total. The fraction of sp³-hybridized carbons (Fsp3) is 0.455. The van der Waals surface area contributed by atoms with E-state index in [-0.39, 0.29) is 11.6 Å². The van der Waals surface area contributed by atoms with Crippen LogP contribution in [0.2, 0.25) is 0 Å². The van der Waals surface area contributed by atoms with Gasteiger partial charge in [-0.1, -0.05) is 13.3 Å². The van der Waals surface area contributed by atoms with Crippen LogP contribution in [0, 0.1) is 0 Å². The molecule has 0 radical (unpaired) electrons.